The molecule has 100 valence electrons. The number of carbonyl (C=O) groups excluding carboxylic acids is 1. The van der Waals surface area contributed by atoms with E-state index in [9.17, 15) is 4.79 Å². The highest BCUT2D eigenvalue weighted by atomic mass is 79.9. The van der Waals surface area contributed by atoms with Crippen LogP contribution in [0.5, 0.6) is 0 Å². The summed E-state index contributed by atoms with van der Waals surface area (Å²) in [6.45, 7) is 0.500. The number of carbonyl (C=O) groups is 1. The molecular weight excluding hydrogens is 308 g/mol. The van der Waals surface area contributed by atoms with Crippen LogP contribution in [0, 0.1) is 0 Å². The summed E-state index contributed by atoms with van der Waals surface area (Å²) in [5.41, 5.74) is 1.72. The first-order chi connectivity index (χ1) is 9.13. The Morgan fingerprint density at radius 3 is 2.95 bits per heavy atom. The highest BCUT2D eigenvalue weighted by Gasteiger charge is 2.27. The summed E-state index contributed by atoms with van der Waals surface area (Å²) in [5, 5.41) is 7.01. The molecule has 1 saturated carbocycles. The van der Waals surface area contributed by atoms with E-state index in [0.29, 0.717) is 12.6 Å². The molecule has 1 aliphatic rings. The third-order valence-corrected chi connectivity index (χ3v) is 3.63. The van der Waals surface area contributed by atoms with E-state index in [1.807, 2.05) is 25.5 Å². The molecule has 2 heterocycles. The summed E-state index contributed by atoms with van der Waals surface area (Å²) >= 11 is 3.43. The second-order valence-electron chi connectivity index (χ2n) is 4.89. The number of aromatic nitrogens is 3. The normalized spacial score (nSPS) is 14.6. The summed E-state index contributed by atoms with van der Waals surface area (Å²) in [5.74, 6) is -0.0403. The van der Waals surface area contributed by atoms with Crippen molar-refractivity contribution in [3.05, 3.63) is 40.4 Å². The molecule has 3 rings (SSSR count). The predicted octanol–water partition coefficient (Wildman–Crippen LogP) is 2.25. The van der Waals surface area contributed by atoms with Gasteiger partial charge in [-0.15, -0.1) is 0 Å². The Kier molecular flexibility index (Phi) is 3.18. The molecule has 2 aromatic heterocycles. The zero-order valence-corrected chi connectivity index (χ0v) is 12.2. The molecule has 1 N–H and O–H groups in total. The monoisotopic (exact) mass is 322 g/mol. The van der Waals surface area contributed by atoms with Crippen molar-refractivity contribution in [1.82, 2.24) is 19.7 Å². The summed E-state index contributed by atoms with van der Waals surface area (Å²) in [7, 11) is 1.86. The fourth-order valence-electron chi connectivity index (χ4n) is 2.12. The van der Waals surface area contributed by atoms with Gasteiger partial charge in [-0.3, -0.25) is 9.48 Å². The zero-order chi connectivity index (χ0) is 13.4. The van der Waals surface area contributed by atoms with Crippen molar-refractivity contribution < 1.29 is 4.79 Å². The van der Waals surface area contributed by atoms with Crippen molar-refractivity contribution in [1.29, 1.82) is 0 Å². The molecule has 0 radical (unpaired) electrons. The van der Waals surface area contributed by atoms with Crippen molar-refractivity contribution in [2.24, 2.45) is 7.05 Å². The summed E-state index contributed by atoms with van der Waals surface area (Å²) in [6.07, 6.45) is 7.96. The Hall–Kier alpha value is -1.56. The van der Waals surface area contributed by atoms with Gasteiger partial charge in [-0.2, -0.15) is 5.10 Å². The number of amides is 1. The Morgan fingerprint density at radius 2 is 2.32 bits per heavy atom. The fraction of sp³-hybridized carbons (Fsp3) is 0.385. The topological polar surface area (TPSA) is 51.9 Å². The van der Waals surface area contributed by atoms with Crippen LogP contribution in [0.1, 0.15) is 34.9 Å². The molecule has 1 aliphatic carbocycles. The molecule has 1 fully saturated rings. The van der Waals surface area contributed by atoms with E-state index in [4.69, 9.17) is 0 Å². The summed E-state index contributed by atoms with van der Waals surface area (Å²) in [4.78, 5) is 12.2. The first-order valence-electron chi connectivity index (χ1n) is 6.26. The van der Waals surface area contributed by atoms with Gasteiger partial charge in [0.05, 0.1) is 6.20 Å². The van der Waals surface area contributed by atoms with Crippen LogP contribution in [0.3, 0.4) is 0 Å². The number of aryl methyl sites for hydroxylation is 1. The fourth-order valence-corrected chi connectivity index (χ4v) is 2.56. The molecule has 2 aromatic rings. The lowest BCUT2D eigenvalue weighted by atomic mass is 10.3. The van der Waals surface area contributed by atoms with Crippen LogP contribution >= 0.6 is 15.9 Å². The van der Waals surface area contributed by atoms with E-state index < -0.39 is 0 Å². The third kappa shape index (κ3) is 2.73. The lowest BCUT2D eigenvalue weighted by Gasteiger charge is -2.07. The Morgan fingerprint density at radius 1 is 1.53 bits per heavy atom. The van der Waals surface area contributed by atoms with Crippen molar-refractivity contribution in [2.75, 3.05) is 0 Å². The molecular formula is C13H15BrN4O. The Balaban J connectivity index is 1.70. The molecule has 6 heteroatoms. The number of hydrogen-bond donors (Lipinski definition) is 1. The summed E-state index contributed by atoms with van der Waals surface area (Å²) < 4.78 is 4.74. The van der Waals surface area contributed by atoms with Gasteiger partial charge in [-0.05, 0) is 34.8 Å². The van der Waals surface area contributed by atoms with Crippen molar-refractivity contribution in [3.63, 3.8) is 0 Å². The molecule has 0 spiro atoms. The second-order valence-corrected chi connectivity index (χ2v) is 5.80. The van der Waals surface area contributed by atoms with Gasteiger partial charge >= 0.3 is 0 Å². The third-order valence-electron chi connectivity index (χ3n) is 3.20. The van der Waals surface area contributed by atoms with Crippen LogP contribution in [0.15, 0.2) is 29.1 Å². The molecule has 0 atom stereocenters. The van der Waals surface area contributed by atoms with Crippen molar-refractivity contribution in [3.8, 4) is 0 Å². The van der Waals surface area contributed by atoms with E-state index in [0.717, 1.165) is 28.6 Å². The molecule has 5 nitrogen and oxygen atoms in total. The van der Waals surface area contributed by atoms with Crippen LogP contribution in [-0.2, 0) is 13.6 Å². The minimum atomic E-state index is -0.0403. The van der Waals surface area contributed by atoms with E-state index >= 15 is 0 Å². The molecule has 0 saturated heterocycles. The largest absolute Gasteiger partial charge is 0.347 e. The van der Waals surface area contributed by atoms with E-state index in [1.165, 1.54) is 0 Å². The molecule has 0 unspecified atom stereocenters. The van der Waals surface area contributed by atoms with Crippen LogP contribution in [-0.4, -0.2) is 20.3 Å². The van der Waals surface area contributed by atoms with Gasteiger partial charge in [0.25, 0.3) is 5.91 Å². The van der Waals surface area contributed by atoms with E-state index in [1.54, 1.807) is 10.9 Å². The van der Waals surface area contributed by atoms with Crippen LogP contribution in [0.25, 0.3) is 0 Å². The maximum Gasteiger partial charge on any atom is 0.268 e. The maximum absolute atomic E-state index is 12.2. The second kappa shape index (κ2) is 4.85. The van der Waals surface area contributed by atoms with Gasteiger partial charge in [-0.1, -0.05) is 0 Å². The number of nitrogens with zero attached hydrogens (tertiary/aromatic N) is 3. The van der Waals surface area contributed by atoms with E-state index in [2.05, 4.69) is 30.9 Å². The minimum absolute atomic E-state index is 0.0403. The maximum atomic E-state index is 12.2. The quantitative estimate of drug-likeness (QED) is 0.938. The van der Waals surface area contributed by atoms with Crippen LogP contribution in [0.2, 0.25) is 0 Å². The first-order valence-corrected chi connectivity index (χ1v) is 7.06. The van der Waals surface area contributed by atoms with Gasteiger partial charge in [0.1, 0.15) is 5.69 Å². The van der Waals surface area contributed by atoms with Gasteiger partial charge in [0.15, 0.2) is 0 Å². The first kappa shape index (κ1) is 12.5. The minimum Gasteiger partial charge on any atom is -0.347 e. The zero-order valence-electron chi connectivity index (χ0n) is 10.6. The standard InChI is InChI=1S/C13H15BrN4O/c1-17-7-9(6-16-17)5-15-13(19)12-4-10(14)8-18(12)11-2-3-11/h4,6-8,11H,2-3,5H2,1H3,(H,15,19). The smallest absolute Gasteiger partial charge is 0.268 e. The highest BCUT2D eigenvalue weighted by molar-refractivity contribution is 9.10. The van der Waals surface area contributed by atoms with Gasteiger partial charge < -0.3 is 9.88 Å². The molecule has 0 aromatic carbocycles. The van der Waals surface area contributed by atoms with Crippen molar-refractivity contribution in [2.45, 2.75) is 25.4 Å². The average Bonchev–Trinajstić information content (AvgIpc) is 3.03. The van der Waals surface area contributed by atoms with Crippen molar-refractivity contribution >= 4 is 21.8 Å². The van der Waals surface area contributed by atoms with Crippen LogP contribution < -0.4 is 5.32 Å². The average molecular weight is 323 g/mol. The van der Waals surface area contributed by atoms with Gasteiger partial charge in [0.2, 0.25) is 0 Å². The number of halogens is 1. The summed E-state index contributed by atoms with van der Waals surface area (Å²) in [6, 6.07) is 2.36. The molecule has 1 amide bonds. The van der Waals surface area contributed by atoms with E-state index in [-0.39, 0.29) is 5.91 Å². The molecule has 0 aliphatic heterocycles. The number of nitrogens with one attached hydrogen (secondary N) is 1. The van der Waals surface area contributed by atoms with Crippen LogP contribution in [0.4, 0.5) is 0 Å². The lowest BCUT2D eigenvalue weighted by Crippen LogP contribution is -2.25. The number of hydrogen-bond acceptors (Lipinski definition) is 2. The SMILES string of the molecule is Cn1cc(CNC(=O)c2cc(Br)cn2C2CC2)cn1. The number of rotatable bonds is 4. The Bertz CT molecular complexity index is 612. The molecule has 19 heavy (non-hydrogen) atoms. The Labute approximate surface area is 119 Å². The lowest BCUT2D eigenvalue weighted by molar-refractivity contribution is 0.0941. The highest BCUT2D eigenvalue weighted by Crippen LogP contribution is 2.37. The van der Waals surface area contributed by atoms with Gasteiger partial charge in [0, 0.05) is 42.1 Å². The predicted molar refractivity (Wildman–Crippen MR) is 74.8 cm³/mol. The van der Waals surface area contributed by atoms with Gasteiger partial charge in [-0.25, -0.2) is 0 Å². The molecule has 0 bridgehead atoms.